The zero-order valence-electron chi connectivity index (χ0n) is 7.12. The van der Waals surface area contributed by atoms with Crippen LogP contribution in [0.25, 0.3) is 0 Å². The van der Waals surface area contributed by atoms with Crippen LogP contribution in [0, 0.1) is 12.8 Å². The minimum absolute atomic E-state index is 0. The molecule has 0 aromatic carbocycles. The molecular formula is C9H14ClNS. The molecule has 2 N–H and O–H groups in total. The molecule has 1 atom stereocenters. The maximum atomic E-state index is 6.02. The summed E-state index contributed by atoms with van der Waals surface area (Å²) < 4.78 is 0. The summed E-state index contributed by atoms with van der Waals surface area (Å²) >= 11 is 1.84. The lowest BCUT2D eigenvalue weighted by molar-refractivity contribution is 0.645. The second kappa shape index (κ2) is 3.77. The number of halogens is 1. The molecule has 1 fully saturated rings. The molecule has 0 radical (unpaired) electrons. The number of hydrogen-bond acceptors (Lipinski definition) is 2. The first-order valence-electron chi connectivity index (χ1n) is 4.09. The van der Waals surface area contributed by atoms with E-state index in [2.05, 4.69) is 19.1 Å². The van der Waals surface area contributed by atoms with E-state index in [0.29, 0.717) is 6.04 Å². The highest BCUT2D eigenvalue weighted by atomic mass is 35.5. The average molecular weight is 204 g/mol. The normalized spacial score (nSPS) is 18.5. The Hall–Kier alpha value is -0.0500. The topological polar surface area (TPSA) is 26.0 Å². The first-order valence-corrected chi connectivity index (χ1v) is 4.91. The molecule has 1 aromatic rings. The third kappa shape index (κ3) is 2.00. The molecule has 2 rings (SSSR count). The highest BCUT2D eigenvalue weighted by molar-refractivity contribution is 7.12. The van der Waals surface area contributed by atoms with E-state index >= 15 is 0 Å². The van der Waals surface area contributed by atoms with Crippen molar-refractivity contribution in [2.45, 2.75) is 25.8 Å². The number of thiophene rings is 1. The summed E-state index contributed by atoms with van der Waals surface area (Å²) in [6.07, 6.45) is 2.66. The van der Waals surface area contributed by atoms with Gasteiger partial charge in [0.05, 0.1) is 0 Å². The maximum Gasteiger partial charge on any atom is 0.0418 e. The standard InChI is InChI=1S/C9H13NS.ClH/c1-6-2-5-8(11-6)9(10)7-3-4-7;/h2,5,7,9H,3-4,10H2,1H3;1H/t9-;/m0./s1. The first kappa shape index (κ1) is 10.0. The van der Waals surface area contributed by atoms with Crippen LogP contribution >= 0.6 is 23.7 Å². The molecule has 1 saturated carbocycles. The van der Waals surface area contributed by atoms with Crippen LogP contribution in [0.4, 0.5) is 0 Å². The SMILES string of the molecule is Cc1ccc([C@@H](N)C2CC2)s1.Cl. The molecule has 1 aliphatic carbocycles. The molecule has 1 nitrogen and oxygen atoms in total. The zero-order valence-corrected chi connectivity index (χ0v) is 8.75. The maximum absolute atomic E-state index is 6.02. The van der Waals surface area contributed by atoms with Crippen molar-refractivity contribution in [3.63, 3.8) is 0 Å². The fraction of sp³-hybridized carbons (Fsp3) is 0.556. The van der Waals surface area contributed by atoms with Gasteiger partial charge >= 0.3 is 0 Å². The van der Waals surface area contributed by atoms with Crippen LogP contribution in [0.3, 0.4) is 0 Å². The van der Waals surface area contributed by atoms with Crippen molar-refractivity contribution in [2.24, 2.45) is 11.7 Å². The van der Waals surface area contributed by atoms with Gasteiger partial charge in [-0.15, -0.1) is 23.7 Å². The summed E-state index contributed by atoms with van der Waals surface area (Å²) in [6, 6.07) is 4.65. The average Bonchev–Trinajstić information content (AvgIpc) is 2.74. The van der Waals surface area contributed by atoms with E-state index in [1.807, 2.05) is 11.3 Å². The zero-order chi connectivity index (χ0) is 7.84. The Morgan fingerprint density at radius 3 is 2.58 bits per heavy atom. The Bertz CT molecular complexity index is 255. The monoisotopic (exact) mass is 203 g/mol. The third-order valence-corrected chi connectivity index (χ3v) is 3.32. The molecule has 0 unspecified atom stereocenters. The Labute approximate surface area is 83.4 Å². The Balaban J connectivity index is 0.000000720. The second-order valence-electron chi connectivity index (χ2n) is 3.31. The summed E-state index contributed by atoms with van der Waals surface area (Å²) in [4.78, 5) is 2.74. The number of nitrogens with two attached hydrogens (primary N) is 1. The van der Waals surface area contributed by atoms with Gasteiger partial charge in [0, 0.05) is 15.8 Å². The van der Waals surface area contributed by atoms with E-state index in [0.717, 1.165) is 5.92 Å². The summed E-state index contributed by atoms with van der Waals surface area (Å²) in [6.45, 7) is 2.13. The van der Waals surface area contributed by atoms with Crippen molar-refractivity contribution < 1.29 is 0 Å². The molecule has 1 aliphatic rings. The third-order valence-electron chi connectivity index (χ3n) is 2.22. The Morgan fingerprint density at radius 1 is 1.50 bits per heavy atom. The van der Waals surface area contributed by atoms with Crippen molar-refractivity contribution in [3.05, 3.63) is 21.9 Å². The van der Waals surface area contributed by atoms with E-state index in [9.17, 15) is 0 Å². The van der Waals surface area contributed by atoms with Gasteiger partial charge in [-0.3, -0.25) is 0 Å². The molecule has 1 heterocycles. The predicted octanol–water partition coefficient (Wildman–Crippen LogP) is 2.89. The van der Waals surface area contributed by atoms with E-state index in [-0.39, 0.29) is 12.4 Å². The molecule has 1 aromatic heterocycles. The van der Waals surface area contributed by atoms with Crippen LogP contribution in [0.1, 0.15) is 28.6 Å². The van der Waals surface area contributed by atoms with E-state index in [1.165, 1.54) is 22.6 Å². The van der Waals surface area contributed by atoms with Crippen LogP contribution in [0.2, 0.25) is 0 Å². The van der Waals surface area contributed by atoms with Crippen LogP contribution in [0.5, 0.6) is 0 Å². The number of aryl methyl sites for hydroxylation is 1. The van der Waals surface area contributed by atoms with E-state index in [1.54, 1.807) is 0 Å². The molecule has 0 amide bonds. The van der Waals surface area contributed by atoms with Gasteiger partial charge in [0.1, 0.15) is 0 Å². The summed E-state index contributed by atoms with van der Waals surface area (Å²) in [7, 11) is 0. The second-order valence-corrected chi connectivity index (χ2v) is 4.63. The first-order chi connectivity index (χ1) is 5.27. The van der Waals surface area contributed by atoms with Gasteiger partial charge in [0.25, 0.3) is 0 Å². The number of hydrogen-bond donors (Lipinski definition) is 1. The molecular weight excluding hydrogens is 190 g/mol. The molecule has 12 heavy (non-hydrogen) atoms. The Morgan fingerprint density at radius 2 is 2.17 bits per heavy atom. The molecule has 0 saturated heterocycles. The smallest absolute Gasteiger partial charge is 0.0418 e. The van der Waals surface area contributed by atoms with Crippen molar-refractivity contribution in [2.75, 3.05) is 0 Å². The van der Waals surface area contributed by atoms with Crippen LogP contribution in [0.15, 0.2) is 12.1 Å². The minimum atomic E-state index is 0. The fourth-order valence-electron chi connectivity index (χ4n) is 1.32. The molecule has 0 aliphatic heterocycles. The van der Waals surface area contributed by atoms with E-state index < -0.39 is 0 Å². The van der Waals surface area contributed by atoms with Crippen LogP contribution in [-0.2, 0) is 0 Å². The summed E-state index contributed by atoms with van der Waals surface area (Å²) in [5.41, 5.74) is 6.02. The van der Waals surface area contributed by atoms with Gasteiger partial charge < -0.3 is 5.73 Å². The quantitative estimate of drug-likeness (QED) is 0.786. The van der Waals surface area contributed by atoms with Crippen molar-refractivity contribution in [3.8, 4) is 0 Å². The van der Waals surface area contributed by atoms with E-state index in [4.69, 9.17) is 5.73 Å². The van der Waals surface area contributed by atoms with Gasteiger partial charge in [-0.25, -0.2) is 0 Å². The lowest BCUT2D eigenvalue weighted by atomic mass is 10.2. The van der Waals surface area contributed by atoms with Crippen molar-refractivity contribution >= 4 is 23.7 Å². The van der Waals surface area contributed by atoms with Gasteiger partial charge in [-0.2, -0.15) is 0 Å². The molecule has 3 heteroatoms. The number of rotatable bonds is 2. The van der Waals surface area contributed by atoms with Gasteiger partial charge in [-0.05, 0) is 37.8 Å². The van der Waals surface area contributed by atoms with Gasteiger partial charge in [0.2, 0.25) is 0 Å². The largest absolute Gasteiger partial charge is 0.323 e. The highest BCUT2D eigenvalue weighted by Crippen LogP contribution is 2.41. The Kier molecular flexibility index (Phi) is 3.16. The predicted molar refractivity (Wildman–Crippen MR) is 56.0 cm³/mol. The van der Waals surface area contributed by atoms with Gasteiger partial charge in [-0.1, -0.05) is 0 Å². The lowest BCUT2D eigenvalue weighted by Crippen LogP contribution is -2.10. The molecule has 0 spiro atoms. The van der Waals surface area contributed by atoms with Gasteiger partial charge in [0.15, 0.2) is 0 Å². The fourth-order valence-corrected chi connectivity index (χ4v) is 2.29. The highest BCUT2D eigenvalue weighted by Gasteiger charge is 2.30. The van der Waals surface area contributed by atoms with Crippen molar-refractivity contribution in [1.82, 2.24) is 0 Å². The van der Waals surface area contributed by atoms with Crippen molar-refractivity contribution in [1.29, 1.82) is 0 Å². The molecule has 68 valence electrons. The lowest BCUT2D eigenvalue weighted by Gasteiger charge is -2.05. The van der Waals surface area contributed by atoms with Crippen LogP contribution < -0.4 is 5.73 Å². The summed E-state index contributed by atoms with van der Waals surface area (Å²) in [5.74, 6) is 0.785. The van der Waals surface area contributed by atoms with Crippen LogP contribution in [-0.4, -0.2) is 0 Å². The summed E-state index contributed by atoms with van der Waals surface area (Å²) in [5, 5.41) is 0. The molecule has 0 bridgehead atoms. The minimum Gasteiger partial charge on any atom is -0.323 e.